The van der Waals surface area contributed by atoms with Crippen molar-refractivity contribution in [1.82, 2.24) is 20.4 Å². The fourth-order valence-electron chi connectivity index (χ4n) is 7.62. The van der Waals surface area contributed by atoms with Crippen LogP contribution in [0, 0.1) is 18.3 Å². The van der Waals surface area contributed by atoms with Crippen LogP contribution in [0.1, 0.15) is 163 Å². The average molecular weight is 841 g/mol. The number of alkyl carbamates (subject to hydrolysis) is 1. The van der Waals surface area contributed by atoms with Crippen LogP contribution < -0.4 is 10.6 Å². The molecule has 2 aliphatic rings. The van der Waals surface area contributed by atoms with E-state index in [2.05, 4.69) is 74.4 Å². The highest BCUT2D eigenvalue weighted by Crippen LogP contribution is 2.33. The van der Waals surface area contributed by atoms with Gasteiger partial charge in [-0.15, -0.1) is 0 Å². The summed E-state index contributed by atoms with van der Waals surface area (Å²) in [4.78, 5) is 69.1. The van der Waals surface area contributed by atoms with Gasteiger partial charge in [-0.2, -0.15) is 0 Å². The normalized spacial score (nSPS) is 15.4. The van der Waals surface area contributed by atoms with Crippen LogP contribution in [0.4, 0.5) is 4.79 Å². The van der Waals surface area contributed by atoms with Gasteiger partial charge in [0.05, 0.1) is 25.4 Å². The Balaban J connectivity index is 1.40. The lowest BCUT2D eigenvalue weighted by Crippen LogP contribution is -2.58. The Bertz CT molecular complexity index is 1510. The zero-order chi connectivity index (χ0) is 44.5. The quantitative estimate of drug-likeness (QED) is 0.0699. The third-order valence-electron chi connectivity index (χ3n) is 11.3. The second kappa shape index (κ2) is 24.1. The molecule has 340 valence electrons. The van der Waals surface area contributed by atoms with Gasteiger partial charge < -0.3 is 34.6 Å². The van der Waals surface area contributed by atoms with Crippen molar-refractivity contribution in [2.24, 2.45) is 11.3 Å². The molecule has 0 bridgehead atoms. The Morgan fingerprint density at radius 1 is 0.783 bits per heavy atom. The molecule has 60 heavy (non-hydrogen) atoms. The minimum atomic E-state index is -0.834. The lowest BCUT2D eigenvalue weighted by atomic mass is 9.86. The summed E-state index contributed by atoms with van der Waals surface area (Å²) in [5.41, 5.74) is 0.961. The number of aryl methyl sites for hydroxylation is 2. The van der Waals surface area contributed by atoms with Crippen molar-refractivity contribution in [3.8, 4) is 0 Å². The molecule has 3 rings (SSSR count). The van der Waals surface area contributed by atoms with E-state index in [0.717, 1.165) is 44.9 Å². The zero-order valence-corrected chi connectivity index (χ0v) is 38.9. The topological polar surface area (TPSA) is 144 Å². The molecule has 0 saturated heterocycles. The van der Waals surface area contributed by atoms with Crippen LogP contribution in [-0.2, 0) is 39.8 Å². The molecule has 4 amide bonds. The van der Waals surface area contributed by atoms with Crippen LogP contribution in [-0.4, -0.2) is 102 Å². The summed E-state index contributed by atoms with van der Waals surface area (Å²) >= 11 is 0. The van der Waals surface area contributed by atoms with Gasteiger partial charge in [-0.05, 0) is 130 Å². The maximum atomic E-state index is 13.8. The first-order valence-electron chi connectivity index (χ1n) is 22.8. The Labute approximate surface area is 362 Å². The van der Waals surface area contributed by atoms with Gasteiger partial charge in [0.1, 0.15) is 11.6 Å². The predicted octanol–water partition coefficient (Wildman–Crippen LogP) is 8.45. The van der Waals surface area contributed by atoms with Gasteiger partial charge in [0.25, 0.3) is 0 Å². The van der Waals surface area contributed by atoms with Crippen molar-refractivity contribution in [2.45, 2.75) is 195 Å². The molecule has 12 heteroatoms. The van der Waals surface area contributed by atoms with Crippen LogP contribution in [0.3, 0.4) is 0 Å². The van der Waals surface area contributed by atoms with E-state index in [1.807, 2.05) is 18.7 Å². The first kappa shape index (κ1) is 50.7. The average Bonchev–Trinajstić information content (AvgIpc) is 3.10. The number of hydrogen-bond acceptors (Lipinski definition) is 8. The zero-order valence-electron chi connectivity index (χ0n) is 38.9. The van der Waals surface area contributed by atoms with E-state index in [-0.39, 0.29) is 41.7 Å². The summed E-state index contributed by atoms with van der Waals surface area (Å²) in [7, 11) is 0. The maximum absolute atomic E-state index is 13.8. The monoisotopic (exact) mass is 841 g/mol. The molecule has 12 nitrogen and oxygen atoms in total. The summed E-state index contributed by atoms with van der Waals surface area (Å²) < 4.78 is 17.1. The van der Waals surface area contributed by atoms with E-state index in [9.17, 15) is 24.0 Å². The highest BCUT2D eigenvalue weighted by molar-refractivity contribution is 5.81. The molecular formula is C48H80N4O8. The number of nitrogens with zero attached hydrogens (tertiary/aromatic N) is 2. The molecule has 0 aromatic heterocycles. The number of hydrogen-bond donors (Lipinski definition) is 2. The van der Waals surface area contributed by atoms with Crippen LogP contribution in [0.2, 0.25) is 0 Å². The third kappa shape index (κ3) is 18.5. The molecule has 0 spiro atoms. The van der Waals surface area contributed by atoms with Crippen molar-refractivity contribution in [1.29, 1.82) is 0 Å². The summed E-state index contributed by atoms with van der Waals surface area (Å²) in [6.45, 7) is 22.0. The summed E-state index contributed by atoms with van der Waals surface area (Å²) in [5.74, 6) is -0.0857. The minimum Gasteiger partial charge on any atom is -0.464 e. The van der Waals surface area contributed by atoms with Crippen LogP contribution >= 0.6 is 0 Å². The van der Waals surface area contributed by atoms with Crippen molar-refractivity contribution in [2.75, 3.05) is 32.9 Å². The lowest BCUT2D eigenvalue weighted by Gasteiger charge is -2.48. The molecule has 0 radical (unpaired) electrons. The van der Waals surface area contributed by atoms with E-state index in [1.165, 1.54) is 11.1 Å². The molecule has 0 aliphatic heterocycles. The Morgan fingerprint density at radius 3 is 2.00 bits per heavy atom. The standard InChI is InChI=1S/C48H80N4O8/c1-35(2)31-59-44(56)40(50-45(57)60-46(4,5)6)21-13-14-30-49-41(53)22-11-12-23-43(55)52(39-19-16-20-39)48(9,10)34-58-33-47(7,8)32-51(38-17-15-18-38)42(54)29-28-37-26-24-36(3)25-27-37/h24-27,35,38-40H,11-23,28-34H2,1-10H3,(H,49,53)(H,50,57)/t40-/m0/s1. The number of amides is 4. The highest BCUT2D eigenvalue weighted by atomic mass is 16.6. The van der Waals surface area contributed by atoms with Crippen LogP contribution in [0.25, 0.3) is 0 Å². The molecule has 1 aromatic carbocycles. The number of benzene rings is 1. The highest BCUT2D eigenvalue weighted by Gasteiger charge is 2.40. The third-order valence-corrected chi connectivity index (χ3v) is 11.3. The van der Waals surface area contributed by atoms with E-state index in [0.29, 0.717) is 83.7 Å². The fraction of sp³-hybridized carbons (Fsp3) is 0.771. The summed E-state index contributed by atoms with van der Waals surface area (Å²) in [5, 5.41) is 5.59. The first-order chi connectivity index (χ1) is 28.2. The molecule has 2 fully saturated rings. The molecule has 2 saturated carbocycles. The van der Waals surface area contributed by atoms with Gasteiger partial charge in [-0.25, -0.2) is 9.59 Å². The number of unbranched alkanes of at least 4 members (excludes halogenated alkanes) is 2. The maximum Gasteiger partial charge on any atom is 0.408 e. The SMILES string of the molecule is Cc1ccc(CCC(=O)N(CC(C)(C)COCC(C)(C)N(C(=O)CCCCC(=O)NCCCC[C@H](NC(=O)OC(C)(C)C)C(=O)OCC(C)C)C2CCC2)C2CCC2)cc1. The minimum absolute atomic E-state index is 0.0711. The summed E-state index contributed by atoms with van der Waals surface area (Å²) in [6.07, 6.45) is 10.4. The van der Waals surface area contributed by atoms with Crippen molar-refractivity contribution in [3.63, 3.8) is 0 Å². The van der Waals surface area contributed by atoms with E-state index in [1.54, 1.807) is 20.8 Å². The van der Waals surface area contributed by atoms with Gasteiger partial charge in [-0.1, -0.05) is 57.5 Å². The molecule has 0 unspecified atom stereocenters. The number of esters is 1. The van der Waals surface area contributed by atoms with Crippen molar-refractivity contribution < 1.29 is 38.2 Å². The molecular weight excluding hydrogens is 761 g/mol. The van der Waals surface area contributed by atoms with Crippen molar-refractivity contribution >= 4 is 29.8 Å². The molecule has 1 aromatic rings. The lowest BCUT2D eigenvalue weighted by molar-refractivity contribution is -0.148. The smallest absolute Gasteiger partial charge is 0.408 e. The second-order valence-electron chi connectivity index (χ2n) is 20.2. The van der Waals surface area contributed by atoms with Gasteiger partial charge in [-0.3, -0.25) is 14.4 Å². The van der Waals surface area contributed by atoms with Gasteiger partial charge >= 0.3 is 12.1 Å². The van der Waals surface area contributed by atoms with E-state index >= 15 is 0 Å². The first-order valence-corrected chi connectivity index (χ1v) is 22.8. The van der Waals surface area contributed by atoms with Gasteiger partial charge in [0.15, 0.2) is 0 Å². The number of nitrogens with one attached hydrogen (secondary N) is 2. The van der Waals surface area contributed by atoms with Gasteiger partial charge in [0, 0.05) is 49.9 Å². The van der Waals surface area contributed by atoms with E-state index in [4.69, 9.17) is 14.2 Å². The molecule has 2 aliphatic carbocycles. The van der Waals surface area contributed by atoms with Crippen molar-refractivity contribution in [3.05, 3.63) is 35.4 Å². The Kier molecular flexibility index (Phi) is 20.4. The Morgan fingerprint density at radius 2 is 1.42 bits per heavy atom. The van der Waals surface area contributed by atoms with Gasteiger partial charge in [0.2, 0.25) is 17.7 Å². The molecule has 0 heterocycles. The number of carbonyl (C=O) groups is 5. The molecule has 2 N–H and O–H groups in total. The molecule has 1 atom stereocenters. The second-order valence-corrected chi connectivity index (χ2v) is 20.2. The number of carbonyl (C=O) groups excluding carboxylic acids is 5. The Hall–Kier alpha value is -3.67. The van der Waals surface area contributed by atoms with Crippen LogP contribution in [0.5, 0.6) is 0 Å². The number of rotatable bonds is 26. The largest absolute Gasteiger partial charge is 0.464 e. The number of ether oxygens (including phenoxy) is 3. The summed E-state index contributed by atoms with van der Waals surface area (Å²) in [6, 6.07) is 8.10. The predicted molar refractivity (Wildman–Crippen MR) is 236 cm³/mol. The van der Waals surface area contributed by atoms with E-state index < -0.39 is 29.2 Å². The van der Waals surface area contributed by atoms with Crippen LogP contribution in [0.15, 0.2) is 24.3 Å². The fourth-order valence-corrected chi connectivity index (χ4v) is 7.62.